The van der Waals surface area contributed by atoms with Crippen molar-refractivity contribution < 1.29 is 9.18 Å². The maximum absolute atomic E-state index is 13.1. The maximum atomic E-state index is 13.1. The average molecular weight is 418 g/mol. The van der Waals surface area contributed by atoms with E-state index in [1.807, 2.05) is 0 Å². The number of rotatable bonds is 3. The first-order chi connectivity index (χ1) is 13.4. The van der Waals surface area contributed by atoms with Crippen LogP contribution in [0.4, 0.5) is 4.39 Å². The zero-order chi connectivity index (χ0) is 19.8. The van der Waals surface area contributed by atoms with Crippen molar-refractivity contribution in [3.8, 4) is 5.69 Å². The number of nitrogens with one attached hydrogen (secondary N) is 1. The predicted molar refractivity (Wildman–Crippen MR) is 103 cm³/mol. The average Bonchev–Trinajstić information content (AvgIpc) is 3.09. The van der Waals surface area contributed by atoms with Gasteiger partial charge < -0.3 is 0 Å². The molecule has 2 heterocycles. The number of hydrogen-bond donors (Lipinski definition) is 1. The number of halogens is 3. The minimum absolute atomic E-state index is 0.149. The topological polar surface area (TPSA) is 81.8 Å². The summed E-state index contributed by atoms with van der Waals surface area (Å²) in [5.41, 5.74) is 2.86. The minimum Gasteiger partial charge on any atom is -0.267 e. The number of carbonyl (C=O) groups excluding carboxylic acids is 1. The van der Waals surface area contributed by atoms with E-state index < -0.39 is 11.5 Å². The highest BCUT2D eigenvalue weighted by molar-refractivity contribution is 6.37. The van der Waals surface area contributed by atoms with Gasteiger partial charge in [0.15, 0.2) is 5.65 Å². The highest BCUT2D eigenvalue weighted by Gasteiger charge is 2.15. The van der Waals surface area contributed by atoms with Crippen LogP contribution in [0.5, 0.6) is 0 Å². The van der Waals surface area contributed by atoms with Gasteiger partial charge in [0.2, 0.25) is 0 Å². The lowest BCUT2D eigenvalue weighted by Crippen LogP contribution is -2.33. The van der Waals surface area contributed by atoms with Crippen molar-refractivity contribution in [2.24, 2.45) is 0 Å². The third-order valence-electron chi connectivity index (χ3n) is 3.96. The van der Waals surface area contributed by atoms with Gasteiger partial charge in [0.05, 0.1) is 22.5 Å². The lowest BCUT2D eigenvalue weighted by Gasteiger charge is -2.09. The van der Waals surface area contributed by atoms with E-state index in [9.17, 15) is 14.0 Å². The van der Waals surface area contributed by atoms with Gasteiger partial charge >= 0.3 is 0 Å². The van der Waals surface area contributed by atoms with Crippen LogP contribution in [-0.2, 0) is 0 Å². The summed E-state index contributed by atoms with van der Waals surface area (Å²) in [5.74, 6) is -0.991. The molecule has 0 saturated heterocycles. The smallest absolute Gasteiger partial charge is 0.267 e. The Bertz CT molecular complexity index is 1270. The predicted octanol–water partition coefficient (Wildman–Crippen LogP) is 3.41. The molecule has 0 unspecified atom stereocenters. The Kier molecular flexibility index (Phi) is 4.58. The van der Waals surface area contributed by atoms with Crippen LogP contribution >= 0.6 is 23.2 Å². The largest absolute Gasteiger partial charge is 0.283 e. The van der Waals surface area contributed by atoms with Gasteiger partial charge in [-0.1, -0.05) is 23.2 Å². The molecular formula is C18H10Cl2FN5O2. The molecule has 0 atom stereocenters. The van der Waals surface area contributed by atoms with E-state index in [0.29, 0.717) is 10.7 Å². The van der Waals surface area contributed by atoms with Crippen LogP contribution in [0.15, 0.2) is 59.8 Å². The number of fused-ring (bicyclic) bond motifs is 1. The summed E-state index contributed by atoms with van der Waals surface area (Å²) in [6.45, 7) is 0. The second-order valence-corrected chi connectivity index (χ2v) is 6.60. The summed E-state index contributed by atoms with van der Waals surface area (Å²) in [5, 5.41) is 4.84. The number of aromatic nitrogens is 4. The second-order valence-electron chi connectivity index (χ2n) is 5.75. The molecule has 0 saturated carbocycles. The Balaban J connectivity index is 1.70. The van der Waals surface area contributed by atoms with Crippen molar-refractivity contribution in [1.29, 1.82) is 0 Å². The van der Waals surface area contributed by atoms with Crippen LogP contribution in [0.3, 0.4) is 0 Å². The number of hydrogen-bond acceptors (Lipinski definition) is 4. The van der Waals surface area contributed by atoms with Crippen LogP contribution in [-0.4, -0.2) is 25.3 Å². The molecule has 7 nitrogen and oxygen atoms in total. The molecule has 1 N–H and O–H groups in total. The molecule has 0 spiro atoms. The van der Waals surface area contributed by atoms with Crippen molar-refractivity contribution in [2.45, 2.75) is 0 Å². The Hall–Kier alpha value is -3.23. The van der Waals surface area contributed by atoms with E-state index in [0.717, 1.165) is 11.0 Å². The zero-order valence-electron chi connectivity index (χ0n) is 13.9. The van der Waals surface area contributed by atoms with Gasteiger partial charge in [-0.15, -0.1) is 0 Å². The Labute approximate surface area is 166 Å². The molecule has 1 amide bonds. The fraction of sp³-hybridized carbons (Fsp3) is 0. The van der Waals surface area contributed by atoms with Gasteiger partial charge in [-0.3, -0.25) is 15.0 Å². The summed E-state index contributed by atoms with van der Waals surface area (Å²) in [7, 11) is 0. The Morgan fingerprint density at radius 3 is 2.57 bits per heavy atom. The van der Waals surface area contributed by atoms with Crippen LogP contribution < -0.4 is 11.0 Å². The second kappa shape index (κ2) is 7.06. The molecule has 0 radical (unpaired) electrons. The number of nitrogens with zero attached hydrogens (tertiary/aromatic N) is 4. The van der Waals surface area contributed by atoms with E-state index in [-0.39, 0.29) is 27.4 Å². The van der Waals surface area contributed by atoms with Crippen LogP contribution in [0.1, 0.15) is 10.4 Å². The molecule has 0 aliphatic rings. The van der Waals surface area contributed by atoms with E-state index in [1.165, 1.54) is 53.3 Å². The number of amides is 1. The van der Waals surface area contributed by atoms with Crippen molar-refractivity contribution in [3.05, 3.63) is 86.8 Å². The third-order valence-corrected chi connectivity index (χ3v) is 4.51. The van der Waals surface area contributed by atoms with Crippen molar-refractivity contribution in [1.82, 2.24) is 19.4 Å². The summed E-state index contributed by atoms with van der Waals surface area (Å²) in [6.07, 6.45) is 2.49. The van der Waals surface area contributed by atoms with Gasteiger partial charge in [-0.2, -0.15) is 5.10 Å². The molecule has 0 bridgehead atoms. The number of benzene rings is 2. The first-order valence-electron chi connectivity index (χ1n) is 7.92. The number of carbonyl (C=O) groups is 1. The highest BCUT2D eigenvalue weighted by Crippen LogP contribution is 2.21. The molecular weight excluding hydrogens is 408 g/mol. The Morgan fingerprint density at radius 2 is 1.86 bits per heavy atom. The lowest BCUT2D eigenvalue weighted by molar-refractivity contribution is 0.101. The van der Waals surface area contributed by atoms with Gasteiger partial charge in [-0.25, -0.2) is 18.7 Å². The quantitative estimate of drug-likeness (QED) is 0.553. The third kappa shape index (κ3) is 3.23. The summed E-state index contributed by atoms with van der Waals surface area (Å²) >= 11 is 11.8. The normalized spacial score (nSPS) is 11.0. The molecule has 4 rings (SSSR count). The van der Waals surface area contributed by atoms with Gasteiger partial charge in [0.25, 0.3) is 11.5 Å². The molecule has 2 aromatic carbocycles. The maximum Gasteiger partial charge on any atom is 0.283 e. The molecule has 140 valence electrons. The zero-order valence-corrected chi connectivity index (χ0v) is 15.4. The monoisotopic (exact) mass is 417 g/mol. The summed E-state index contributed by atoms with van der Waals surface area (Å²) < 4.78 is 15.5. The first kappa shape index (κ1) is 18.1. The van der Waals surface area contributed by atoms with E-state index in [4.69, 9.17) is 23.2 Å². The lowest BCUT2D eigenvalue weighted by atomic mass is 10.2. The Morgan fingerprint density at radius 1 is 1.11 bits per heavy atom. The summed E-state index contributed by atoms with van der Waals surface area (Å²) in [4.78, 5) is 29.3. The molecule has 2 aromatic heterocycles. The minimum atomic E-state index is -0.601. The van der Waals surface area contributed by atoms with Crippen LogP contribution in [0, 0.1) is 5.82 Å². The fourth-order valence-corrected chi connectivity index (χ4v) is 3.10. The van der Waals surface area contributed by atoms with E-state index >= 15 is 0 Å². The molecule has 4 aromatic rings. The van der Waals surface area contributed by atoms with E-state index in [1.54, 1.807) is 0 Å². The SMILES string of the molecule is O=C(Nn1cnc2c(cnn2-c2ccc(F)cc2)c1=O)c1ccc(Cl)cc1Cl. The highest BCUT2D eigenvalue weighted by atomic mass is 35.5. The molecule has 0 aliphatic heterocycles. The fourth-order valence-electron chi connectivity index (χ4n) is 2.61. The standard InChI is InChI=1S/C18H10Cl2FN5O2/c19-10-1-6-13(15(20)7-10)17(27)24-25-9-22-16-14(18(25)28)8-23-26(16)12-4-2-11(21)3-5-12/h1-9H,(H,24,27). The van der Waals surface area contributed by atoms with Crippen LogP contribution in [0.25, 0.3) is 16.7 Å². The first-order valence-corrected chi connectivity index (χ1v) is 8.67. The van der Waals surface area contributed by atoms with Gasteiger partial charge in [0, 0.05) is 5.02 Å². The van der Waals surface area contributed by atoms with Gasteiger partial charge in [0.1, 0.15) is 17.5 Å². The molecule has 10 heteroatoms. The van der Waals surface area contributed by atoms with Gasteiger partial charge in [-0.05, 0) is 42.5 Å². The van der Waals surface area contributed by atoms with Crippen LogP contribution in [0.2, 0.25) is 10.0 Å². The molecule has 28 heavy (non-hydrogen) atoms. The molecule has 0 fully saturated rings. The van der Waals surface area contributed by atoms with Crippen molar-refractivity contribution in [2.75, 3.05) is 5.43 Å². The summed E-state index contributed by atoms with van der Waals surface area (Å²) in [6, 6.07) is 9.97. The molecule has 0 aliphatic carbocycles. The van der Waals surface area contributed by atoms with Crippen molar-refractivity contribution in [3.63, 3.8) is 0 Å². The van der Waals surface area contributed by atoms with Crippen molar-refractivity contribution >= 4 is 40.1 Å². The van der Waals surface area contributed by atoms with E-state index in [2.05, 4.69) is 15.5 Å².